The number of benzene rings is 3. The molecule has 0 saturated carbocycles. The summed E-state index contributed by atoms with van der Waals surface area (Å²) in [6.45, 7) is 0. The van der Waals surface area contributed by atoms with Gasteiger partial charge in [0.1, 0.15) is 23.0 Å². The van der Waals surface area contributed by atoms with E-state index in [4.69, 9.17) is 9.47 Å². The Hall–Kier alpha value is -3.93. The fourth-order valence-corrected chi connectivity index (χ4v) is 3.24. The summed E-state index contributed by atoms with van der Waals surface area (Å²) in [6, 6.07) is 20.6. The number of aliphatic imine (C=N–C) groups is 1. The third-order valence-electron chi connectivity index (χ3n) is 4.72. The van der Waals surface area contributed by atoms with Crippen LogP contribution in [-0.2, 0) is 4.79 Å². The summed E-state index contributed by atoms with van der Waals surface area (Å²) >= 11 is 0. The Kier molecular flexibility index (Phi) is 5.30. The van der Waals surface area contributed by atoms with Crippen molar-refractivity contribution in [3.8, 4) is 11.5 Å². The highest BCUT2D eigenvalue weighted by Gasteiger charge is 2.33. The average molecular weight is 402 g/mol. The second-order valence-corrected chi connectivity index (χ2v) is 6.53. The number of carbonyl (C=O) groups excluding carboxylic acids is 1. The second kappa shape index (κ2) is 8.21. The molecule has 0 spiro atoms. The Morgan fingerprint density at radius 2 is 1.67 bits per heavy atom. The molecule has 5 nitrogen and oxygen atoms in total. The first kappa shape index (κ1) is 19.4. The molecule has 0 aromatic heterocycles. The number of nitrogens with zero attached hydrogens (tertiary/aromatic N) is 2. The lowest BCUT2D eigenvalue weighted by atomic mass is 10.1. The molecule has 6 heteroatoms. The van der Waals surface area contributed by atoms with E-state index >= 15 is 0 Å². The van der Waals surface area contributed by atoms with E-state index in [1.807, 2.05) is 18.2 Å². The van der Waals surface area contributed by atoms with Crippen molar-refractivity contribution in [2.24, 2.45) is 4.99 Å². The number of anilines is 1. The van der Waals surface area contributed by atoms with Crippen LogP contribution >= 0.6 is 0 Å². The van der Waals surface area contributed by atoms with E-state index in [9.17, 15) is 9.18 Å². The van der Waals surface area contributed by atoms with Crippen LogP contribution in [0.1, 0.15) is 11.1 Å². The molecule has 0 bridgehead atoms. The highest BCUT2D eigenvalue weighted by molar-refractivity contribution is 6.33. The minimum absolute atomic E-state index is 0.181. The quantitative estimate of drug-likeness (QED) is 0.583. The van der Waals surface area contributed by atoms with Gasteiger partial charge >= 0.3 is 0 Å². The van der Waals surface area contributed by atoms with Gasteiger partial charge in [0, 0.05) is 11.6 Å². The van der Waals surface area contributed by atoms with Crippen molar-refractivity contribution in [3.05, 3.63) is 95.4 Å². The molecule has 1 aliphatic rings. The van der Waals surface area contributed by atoms with E-state index in [1.165, 1.54) is 18.1 Å². The minimum atomic E-state index is -0.451. The standard InChI is InChI=1S/C24H19FN2O3/c1-29-18-13-12-16(22(15-18)30-2)14-21-24(28)27(17-8-4-3-5-9-17)23(26-21)19-10-6-7-11-20(19)25/h3-15H,1-2H3/b21-14+. The molecular weight excluding hydrogens is 383 g/mol. The zero-order valence-electron chi connectivity index (χ0n) is 16.5. The molecule has 0 radical (unpaired) electrons. The van der Waals surface area contributed by atoms with Crippen molar-refractivity contribution in [2.45, 2.75) is 0 Å². The van der Waals surface area contributed by atoms with E-state index < -0.39 is 5.82 Å². The van der Waals surface area contributed by atoms with Crippen LogP contribution in [-0.4, -0.2) is 26.0 Å². The number of halogens is 1. The van der Waals surface area contributed by atoms with E-state index in [0.717, 1.165) is 0 Å². The third kappa shape index (κ3) is 3.55. The van der Waals surface area contributed by atoms with Crippen LogP contribution in [0.2, 0.25) is 0 Å². The Labute approximate surface area is 173 Å². The van der Waals surface area contributed by atoms with Crippen molar-refractivity contribution >= 4 is 23.5 Å². The highest BCUT2D eigenvalue weighted by atomic mass is 19.1. The summed E-state index contributed by atoms with van der Waals surface area (Å²) < 4.78 is 25.2. The van der Waals surface area contributed by atoms with Crippen LogP contribution in [0, 0.1) is 5.82 Å². The lowest BCUT2D eigenvalue weighted by Gasteiger charge is -2.18. The number of rotatable bonds is 5. The Morgan fingerprint density at radius 3 is 2.37 bits per heavy atom. The molecule has 0 saturated heterocycles. The third-order valence-corrected chi connectivity index (χ3v) is 4.72. The molecule has 0 unspecified atom stereocenters. The molecule has 0 N–H and O–H groups in total. The lowest BCUT2D eigenvalue weighted by molar-refractivity contribution is -0.113. The molecule has 4 rings (SSSR count). The van der Waals surface area contributed by atoms with Gasteiger partial charge in [-0.05, 0) is 42.5 Å². The number of para-hydroxylation sites is 1. The first-order valence-corrected chi connectivity index (χ1v) is 9.29. The van der Waals surface area contributed by atoms with Gasteiger partial charge in [-0.25, -0.2) is 9.38 Å². The van der Waals surface area contributed by atoms with Gasteiger partial charge in [-0.2, -0.15) is 0 Å². The number of hydrogen-bond donors (Lipinski definition) is 0. The normalized spacial score (nSPS) is 14.8. The molecule has 30 heavy (non-hydrogen) atoms. The molecule has 3 aromatic rings. The summed E-state index contributed by atoms with van der Waals surface area (Å²) in [5, 5.41) is 0. The minimum Gasteiger partial charge on any atom is -0.497 e. The van der Waals surface area contributed by atoms with Gasteiger partial charge in [0.25, 0.3) is 5.91 Å². The summed E-state index contributed by atoms with van der Waals surface area (Å²) in [5.41, 5.74) is 1.70. The lowest BCUT2D eigenvalue weighted by Crippen LogP contribution is -2.33. The zero-order chi connectivity index (χ0) is 21.1. The molecular formula is C24H19FN2O3. The summed E-state index contributed by atoms with van der Waals surface area (Å²) in [6.07, 6.45) is 1.63. The average Bonchev–Trinajstić information content (AvgIpc) is 3.10. The van der Waals surface area contributed by atoms with Crippen molar-refractivity contribution in [1.82, 2.24) is 0 Å². The smallest absolute Gasteiger partial charge is 0.282 e. The molecule has 1 amide bonds. The van der Waals surface area contributed by atoms with Crippen LogP contribution in [0.25, 0.3) is 6.08 Å². The monoisotopic (exact) mass is 402 g/mol. The molecule has 1 heterocycles. The SMILES string of the molecule is COc1ccc(/C=C2/N=C(c3ccccc3F)N(c3ccccc3)C2=O)c(OC)c1. The number of ether oxygens (including phenoxy) is 2. The first-order valence-electron chi connectivity index (χ1n) is 9.29. The second-order valence-electron chi connectivity index (χ2n) is 6.53. The molecule has 150 valence electrons. The number of methoxy groups -OCH3 is 2. The van der Waals surface area contributed by atoms with Crippen molar-refractivity contribution in [1.29, 1.82) is 0 Å². The molecule has 1 aliphatic heterocycles. The molecule has 3 aromatic carbocycles. The predicted octanol–water partition coefficient (Wildman–Crippen LogP) is 4.68. The highest BCUT2D eigenvalue weighted by Crippen LogP contribution is 2.31. The van der Waals surface area contributed by atoms with Gasteiger partial charge in [0.05, 0.1) is 25.5 Å². The first-order chi connectivity index (χ1) is 14.6. The van der Waals surface area contributed by atoms with Gasteiger partial charge < -0.3 is 9.47 Å². The maximum absolute atomic E-state index is 14.5. The van der Waals surface area contributed by atoms with E-state index in [2.05, 4.69) is 4.99 Å². The van der Waals surface area contributed by atoms with Crippen LogP contribution in [0.4, 0.5) is 10.1 Å². The van der Waals surface area contributed by atoms with Crippen LogP contribution < -0.4 is 14.4 Å². The van der Waals surface area contributed by atoms with Gasteiger partial charge in [0.15, 0.2) is 5.84 Å². The van der Waals surface area contributed by atoms with Crippen molar-refractivity contribution in [3.63, 3.8) is 0 Å². The Morgan fingerprint density at radius 1 is 0.933 bits per heavy atom. The van der Waals surface area contributed by atoms with Crippen molar-refractivity contribution in [2.75, 3.05) is 19.1 Å². The predicted molar refractivity (Wildman–Crippen MR) is 114 cm³/mol. The Balaban J connectivity index is 1.85. The van der Waals surface area contributed by atoms with Crippen molar-refractivity contribution < 1.29 is 18.7 Å². The fraction of sp³-hybridized carbons (Fsp3) is 0.0833. The summed E-state index contributed by atoms with van der Waals surface area (Å²) in [5.74, 6) is 0.609. The molecule has 0 atom stereocenters. The van der Waals surface area contributed by atoms with Gasteiger partial charge in [-0.1, -0.05) is 30.3 Å². The fourth-order valence-electron chi connectivity index (χ4n) is 3.24. The number of amides is 1. The van der Waals surface area contributed by atoms with E-state index in [1.54, 1.807) is 61.7 Å². The summed E-state index contributed by atoms with van der Waals surface area (Å²) in [7, 11) is 3.10. The van der Waals surface area contributed by atoms with Gasteiger partial charge in [-0.15, -0.1) is 0 Å². The van der Waals surface area contributed by atoms with E-state index in [0.29, 0.717) is 22.7 Å². The Bertz CT molecular complexity index is 1160. The maximum Gasteiger partial charge on any atom is 0.282 e. The molecule has 0 aliphatic carbocycles. The van der Waals surface area contributed by atoms with Crippen LogP contribution in [0.5, 0.6) is 11.5 Å². The summed E-state index contributed by atoms with van der Waals surface area (Å²) in [4.78, 5) is 19.2. The van der Waals surface area contributed by atoms with Gasteiger partial charge in [-0.3, -0.25) is 9.69 Å². The van der Waals surface area contributed by atoms with Crippen LogP contribution in [0.3, 0.4) is 0 Å². The zero-order valence-corrected chi connectivity index (χ0v) is 16.5. The van der Waals surface area contributed by atoms with Crippen LogP contribution in [0.15, 0.2) is 83.5 Å². The molecule has 0 fully saturated rings. The maximum atomic E-state index is 14.5. The number of carbonyl (C=O) groups is 1. The van der Waals surface area contributed by atoms with E-state index in [-0.39, 0.29) is 23.0 Å². The number of amidine groups is 1. The number of hydrogen-bond acceptors (Lipinski definition) is 4. The largest absolute Gasteiger partial charge is 0.497 e. The topological polar surface area (TPSA) is 51.1 Å². The van der Waals surface area contributed by atoms with Gasteiger partial charge in [0.2, 0.25) is 0 Å².